The average Bonchev–Trinajstić information content (AvgIpc) is 3.25. The van der Waals surface area contributed by atoms with E-state index in [0.717, 1.165) is 11.3 Å². The Bertz CT molecular complexity index is 984. The smallest absolute Gasteiger partial charge is 0.262 e. The van der Waals surface area contributed by atoms with E-state index in [0.29, 0.717) is 17.2 Å². The number of anilines is 1. The van der Waals surface area contributed by atoms with Gasteiger partial charge in [-0.25, -0.2) is 13.4 Å². The highest BCUT2D eigenvalue weighted by Gasteiger charge is 2.20. The van der Waals surface area contributed by atoms with E-state index >= 15 is 0 Å². The van der Waals surface area contributed by atoms with Gasteiger partial charge in [0.15, 0.2) is 11.5 Å². The molecule has 0 aliphatic carbocycles. The van der Waals surface area contributed by atoms with Crippen molar-refractivity contribution in [3.05, 3.63) is 55.0 Å². The van der Waals surface area contributed by atoms with Gasteiger partial charge in [0.25, 0.3) is 10.0 Å². The van der Waals surface area contributed by atoms with Crippen molar-refractivity contribution in [1.29, 1.82) is 0 Å². The number of nitrogens with one attached hydrogen (secondary N) is 2. The first-order valence-electron chi connectivity index (χ1n) is 7.13. The summed E-state index contributed by atoms with van der Waals surface area (Å²) in [4.78, 5) is 7.06. The minimum atomic E-state index is -3.73. The van der Waals surface area contributed by atoms with Crippen molar-refractivity contribution in [3.8, 4) is 22.8 Å². The van der Waals surface area contributed by atoms with Crippen LogP contribution in [0.5, 0.6) is 11.5 Å². The van der Waals surface area contributed by atoms with Crippen LogP contribution in [0.15, 0.2) is 59.9 Å². The number of hydrogen-bond acceptors (Lipinski definition) is 5. The molecule has 122 valence electrons. The van der Waals surface area contributed by atoms with E-state index in [2.05, 4.69) is 14.7 Å². The molecule has 2 heterocycles. The number of rotatable bonds is 4. The van der Waals surface area contributed by atoms with Crippen molar-refractivity contribution in [2.45, 2.75) is 4.90 Å². The van der Waals surface area contributed by atoms with Crippen molar-refractivity contribution in [2.24, 2.45) is 0 Å². The number of hydrogen-bond donors (Lipinski definition) is 2. The fourth-order valence-corrected chi connectivity index (χ4v) is 3.49. The highest BCUT2D eigenvalue weighted by atomic mass is 32.2. The van der Waals surface area contributed by atoms with Gasteiger partial charge in [0.2, 0.25) is 6.79 Å². The maximum absolute atomic E-state index is 12.6. The van der Waals surface area contributed by atoms with Crippen LogP contribution < -0.4 is 14.2 Å². The van der Waals surface area contributed by atoms with Gasteiger partial charge < -0.3 is 14.5 Å². The molecular formula is C16H13N3O4S. The number of ether oxygens (including phenoxy) is 2. The predicted octanol–water partition coefficient (Wildman–Crippen LogP) is 2.61. The highest BCUT2D eigenvalue weighted by molar-refractivity contribution is 7.92. The molecule has 0 saturated carbocycles. The molecule has 2 aromatic carbocycles. The first-order valence-corrected chi connectivity index (χ1v) is 8.61. The lowest BCUT2D eigenvalue weighted by Crippen LogP contribution is -2.12. The summed E-state index contributed by atoms with van der Waals surface area (Å²) >= 11 is 0. The third-order valence-electron chi connectivity index (χ3n) is 3.58. The van der Waals surface area contributed by atoms with E-state index in [1.54, 1.807) is 36.8 Å². The van der Waals surface area contributed by atoms with Gasteiger partial charge in [-0.15, -0.1) is 0 Å². The van der Waals surface area contributed by atoms with Crippen molar-refractivity contribution >= 4 is 15.7 Å². The summed E-state index contributed by atoms with van der Waals surface area (Å²) in [7, 11) is -3.73. The molecule has 4 rings (SSSR count). The van der Waals surface area contributed by atoms with Crippen LogP contribution in [0.1, 0.15) is 0 Å². The zero-order valence-electron chi connectivity index (χ0n) is 12.4. The lowest BCUT2D eigenvalue weighted by atomic mass is 10.1. The quantitative estimate of drug-likeness (QED) is 0.759. The second-order valence-electron chi connectivity index (χ2n) is 5.17. The van der Waals surface area contributed by atoms with Crippen LogP contribution in [0, 0.1) is 0 Å². The Morgan fingerprint density at radius 3 is 2.79 bits per heavy atom. The van der Waals surface area contributed by atoms with Crippen LogP contribution in [0.3, 0.4) is 0 Å². The number of H-pyrrole nitrogens is 1. The molecule has 0 bridgehead atoms. The molecule has 1 aromatic heterocycles. The number of sulfonamides is 1. The van der Waals surface area contributed by atoms with Crippen LogP contribution >= 0.6 is 0 Å². The van der Waals surface area contributed by atoms with E-state index in [-0.39, 0.29) is 11.7 Å². The van der Waals surface area contributed by atoms with Crippen LogP contribution in [0.2, 0.25) is 0 Å². The second kappa shape index (κ2) is 5.57. The monoisotopic (exact) mass is 343 g/mol. The predicted molar refractivity (Wildman–Crippen MR) is 87.4 cm³/mol. The summed E-state index contributed by atoms with van der Waals surface area (Å²) < 4.78 is 38.1. The summed E-state index contributed by atoms with van der Waals surface area (Å²) in [6.45, 7) is 0.0957. The van der Waals surface area contributed by atoms with Crippen molar-refractivity contribution in [3.63, 3.8) is 0 Å². The van der Waals surface area contributed by atoms with E-state index in [1.807, 2.05) is 6.07 Å². The normalized spacial score (nSPS) is 13.0. The second-order valence-corrected chi connectivity index (χ2v) is 6.85. The van der Waals surface area contributed by atoms with Crippen molar-refractivity contribution in [2.75, 3.05) is 11.5 Å². The van der Waals surface area contributed by atoms with Gasteiger partial charge in [-0.2, -0.15) is 0 Å². The standard InChI is InChI=1S/C16H13N3O4S/c20-24(21,13-4-5-15-16(7-13)23-10-22-15)19-12-3-1-2-11(6-12)14-8-17-9-18-14/h1-9,19H,10H2,(H,17,18). The molecular weight excluding hydrogens is 330 g/mol. The lowest BCUT2D eigenvalue weighted by Gasteiger charge is -2.09. The number of benzene rings is 2. The van der Waals surface area contributed by atoms with Crippen LogP contribution in [-0.4, -0.2) is 25.2 Å². The molecule has 0 radical (unpaired) electrons. The number of nitrogens with zero attached hydrogens (tertiary/aromatic N) is 1. The summed E-state index contributed by atoms with van der Waals surface area (Å²) in [6, 6.07) is 11.6. The van der Waals surface area contributed by atoms with Crippen LogP contribution in [0.4, 0.5) is 5.69 Å². The van der Waals surface area contributed by atoms with E-state index in [1.165, 1.54) is 12.1 Å². The summed E-state index contributed by atoms with van der Waals surface area (Å²) in [5.41, 5.74) is 2.09. The molecule has 1 aliphatic rings. The van der Waals surface area contributed by atoms with Crippen LogP contribution in [0.25, 0.3) is 11.3 Å². The molecule has 3 aromatic rings. The first kappa shape index (κ1) is 14.6. The van der Waals surface area contributed by atoms with Gasteiger partial charge in [0.1, 0.15) is 0 Å². The minimum absolute atomic E-state index is 0.0957. The van der Waals surface area contributed by atoms with Gasteiger partial charge in [-0.3, -0.25) is 4.72 Å². The summed E-state index contributed by atoms with van der Waals surface area (Å²) in [5, 5.41) is 0. The van der Waals surface area contributed by atoms with Gasteiger partial charge in [-0.05, 0) is 24.3 Å². The number of aromatic amines is 1. The number of aromatic nitrogens is 2. The number of fused-ring (bicyclic) bond motifs is 1. The largest absolute Gasteiger partial charge is 0.454 e. The number of imidazole rings is 1. The SMILES string of the molecule is O=S(=O)(Nc1cccc(-c2cnc[nH]2)c1)c1ccc2c(c1)OCO2. The molecule has 0 amide bonds. The maximum atomic E-state index is 12.6. The van der Waals surface area contributed by atoms with E-state index in [9.17, 15) is 8.42 Å². The molecule has 0 atom stereocenters. The van der Waals surface area contributed by atoms with E-state index in [4.69, 9.17) is 9.47 Å². The molecule has 0 spiro atoms. The fraction of sp³-hybridized carbons (Fsp3) is 0.0625. The van der Waals surface area contributed by atoms with Crippen molar-refractivity contribution < 1.29 is 17.9 Å². The molecule has 2 N–H and O–H groups in total. The molecule has 1 aliphatic heterocycles. The first-order chi connectivity index (χ1) is 11.6. The topological polar surface area (TPSA) is 93.3 Å². The Kier molecular flexibility index (Phi) is 3.39. The Hall–Kier alpha value is -3.00. The molecule has 0 saturated heterocycles. The Balaban J connectivity index is 1.63. The molecule has 8 heteroatoms. The molecule has 0 unspecified atom stereocenters. The summed E-state index contributed by atoms with van der Waals surface area (Å²) in [6.07, 6.45) is 3.24. The third-order valence-corrected chi connectivity index (χ3v) is 4.96. The Morgan fingerprint density at radius 1 is 1.08 bits per heavy atom. The van der Waals surface area contributed by atoms with Crippen molar-refractivity contribution in [1.82, 2.24) is 9.97 Å². The Labute approximate surface area is 138 Å². The van der Waals surface area contributed by atoms with Gasteiger partial charge in [-0.1, -0.05) is 12.1 Å². The van der Waals surface area contributed by atoms with Gasteiger partial charge in [0.05, 0.1) is 23.1 Å². The Morgan fingerprint density at radius 2 is 1.96 bits per heavy atom. The van der Waals surface area contributed by atoms with Gasteiger partial charge >= 0.3 is 0 Å². The molecule has 24 heavy (non-hydrogen) atoms. The third kappa shape index (κ3) is 2.67. The average molecular weight is 343 g/mol. The van der Waals surface area contributed by atoms with E-state index < -0.39 is 10.0 Å². The minimum Gasteiger partial charge on any atom is -0.454 e. The van der Waals surface area contributed by atoms with Gasteiger partial charge in [0, 0.05) is 17.3 Å². The summed E-state index contributed by atoms with van der Waals surface area (Å²) in [5.74, 6) is 0.958. The lowest BCUT2D eigenvalue weighted by molar-refractivity contribution is 0.174. The highest BCUT2D eigenvalue weighted by Crippen LogP contribution is 2.34. The zero-order chi connectivity index (χ0) is 16.6. The molecule has 7 nitrogen and oxygen atoms in total. The zero-order valence-corrected chi connectivity index (χ0v) is 13.2. The molecule has 0 fully saturated rings. The van der Waals surface area contributed by atoms with Crippen LogP contribution in [-0.2, 0) is 10.0 Å². The fourth-order valence-electron chi connectivity index (χ4n) is 2.42. The maximum Gasteiger partial charge on any atom is 0.262 e.